The quantitative estimate of drug-likeness (QED) is 0.621. The summed E-state index contributed by atoms with van der Waals surface area (Å²) in [5.74, 6) is -0.159. The molecule has 170 valence electrons. The summed E-state index contributed by atoms with van der Waals surface area (Å²) in [6, 6.07) is 11.7. The molecule has 1 aliphatic rings. The molecule has 0 saturated carbocycles. The van der Waals surface area contributed by atoms with Crippen molar-refractivity contribution in [2.75, 3.05) is 13.1 Å². The van der Waals surface area contributed by atoms with Gasteiger partial charge in [0, 0.05) is 19.0 Å². The molecule has 0 fully saturated rings. The van der Waals surface area contributed by atoms with Gasteiger partial charge in [-0.25, -0.2) is 4.39 Å². The molecule has 5 nitrogen and oxygen atoms in total. The number of nitrogens with zero attached hydrogens (tertiary/aromatic N) is 1. The van der Waals surface area contributed by atoms with Crippen LogP contribution in [0.15, 0.2) is 55.1 Å². The van der Waals surface area contributed by atoms with Crippen molar-refractivity contribution in [3.8, 4) is 5.75 Å². The van der Waals surface area contributed by atoms with Crippen LogP contribution in [-0.4, -0.2) is 35.9 Å². The highest BCUT2D eigenvalue weighted by molar-refractivity contribution is 5.81. The van der Waals surface area contributed by atoms with E-state index in [1.165, 1.54) is 12.1 Å². The summed E-state index contributed by atoms with van der Waals surface area (Å²) >= 11 is 0. The van der Waals surface area contributed by atoms with E-state index in [1.807, 2.05) is 49.9 Å². The van der Waals surface area contributed by atoms with Crippen molar-refractivity contribution < 1.29 is 18.7 Å². The molecule has 0 aromatic heterocycles. The molecule has 6 heteroatoms. The number of rotatable bonds is 8. The molecule has 2 atom stereocenters. The van der Waals surface area contributed by atoms with Gasteiger partial charge in [0.05, 0.1) is 6.04 Å². The molecule has 0 saturated heterocycles. The van der Waals surface area contributed by atoms with Crippen LogP contribution in [-0.2, 0) is 16.0 Å². The maximum Gasteiger partial charge on any atom is 0.261 e. The van der Waals surface area contributed by atoms with E-state index in [1.54, 1.807) is 12.1 Å². The first-order valence-corrected chi connectivity index (χ1v) is 11.1. The lowest BCUT2D eigenvalue weighted by Crippen LogP contribution is -2.42. The van der Waals surface area contributed by atoms with Gasteiger partial charge in [0.2, 0.25) is 5.91 Å². The Morgan fingerprint density at radius 2 is 2.06 bits per heavy atom. The number of ether oxygens (including phenoxy) is 1. The first-order valence-electron chi connectivity index (χ1n) is 11.1. The minimum Gasteiger partial charge on any atom is -0.481 e. The number of hydrogen-bond acceptors (Lipinski definition) is 3. The summed E-state index contributed by atoms with van der Waals surface area (Å²) < 4.78 is 20.1. The van der Waals surface area contributed by atoms with E-state index >= 15 is 0 Å². The fourth-order valence-electron chi connectivity index (χ4n) is 4.04. The van der Waals surface area contributed by atoms with E-state index in [2.05, 4.69) is 11.9 Å². The third kappa shape index (κ3) is 5.18. The van der Waals surface area contributed by atoms with Gasteiger partial charge in [0.1, 0.15) is 11.6 Å². The highest BCUT2D eigenvalue weighted by Crippen LogP contribution is 2.38. The van der Waals surface area contributed by atoms with Crippen molar-refractivity contribution in [1.82, 2.24) is 10.2 Å². The molecule has 3 rings (SSSR count). The van der Waals surface area contributed by atoms with Gasteiger partial charge in [-0.1, -0.05) is 45.0 Å². The largest absolute Gasteiger partial charge is 0.481 e. The summed E-state index contributed by atoms with van der Waals surface area (Å²) in [6.07, 6.45) is 2.19. The predicted octanol–water partition coefficient (Wildman–Crippen LogP) is 4.42. The highest BCUT2D eigenvalue weighted by Gasteiger charge is 2.33. The van der Waals surface area contributed by atoms with Gasteiger partial charge in [-0.05, 0) is 53.8 Å². The molecule has 1 heterocycles. The number of carbonyl (C=O) groups excluding carboxylic acids is 2. The molecule has 1 aliphatic heterocycles. The van der Waals surface area contributed by atoms with Crippen molar-refractivity contribution in [1.29, 1.82) is 0 Å². The molecule has 32 heavy (non-hydrogen) atoms. The SMILES string of the molecule is C=CCNC(=O)[C@@H](CC)Oc1ccc2c(c1)[C@@H](c1cccc(F)c1)N(C(=O)C(C)C)CC2. The summed E-state index contributed by atoms with van der Waals surface area (Å²) in [5, 5.41) is 2.76. The van der Waals surface area contributed by atoms with Crippen molar-refractivity contribution in [3.63, 3.8) is 0 Å². The molecular weight excluding hydrogens is 407 g/mol. The highest BCUT2D eigenvalue weighted by atomic mass is 19.1. The lowest BCUT2D eigenvalue weighted by Gasteiger charge is -2.39. The Kier molecular flexibility index (Phi) is 7.67. The number of amides is 2. The van der Waals surface area contributed by atoms with Crippen LogP contribution >= 0.6 is 0 Å². The topological polar surface area (TPSA) is 58.6 Å². The van der Waals surface area contributed by atoms with Gasteiger partial charge in [-0.3, -0.25) is 9.59 Å². The Bertz CT molecular complexity index is 989. The zero-order chi connectivity index (χ0) is 23.3. The van der Waals surface area contributed by atoms with E-state index < -0.39 is 12.1 Å². The van der Waals surface area contributed by atoms with E-state index in [0.717, 1.165) is 11.1 Å². The Labute approximate surface area is 189 Å². The van der Waals surface area contributed by atoms with Crippen LogP contribution in [0.2, 0.25) is 0 Å². The van der Waals surface area contributed by atoms with Crippen LogP contribution in [0.3, 0.4) is 0 Å². The molecule has 2 amide bonds. The Balaban J connectivity index is 1.99. The minimum atomic E-state index is -0.641. The molecule has 0 radical (unpaired) electrons. The fraction of sp³-hybridized carbons (Fsp3) is 0.385. The number of nitrogens with one attached hydrogen (secondary N) is 1. The van der Waals surface area contributed by atoms with Crippen LogP contribution in [0.25, 0.3) is 0 Å². The summed E-state index contributed by atoms with van der Waals surface area (Å²) in [7, 11) is 0. The van der Waals surface area contributed by atoms with E-state index in [4.69, 9.17) is 4.74 Å². The zero-order valence-electron chi connectivity index (χ0n) is 18.9. The Morgan fingerprint density at radius 1 is 1.28 bits per heavy atom. The summed E-state index contributed by atoms with van der Waals surface area (Å²) in [6.45, 7) is 10.2. The Hall–Kier alpha value is -3.15. The molecule has 1 N–H and O–H groups in total. The molecule has 0 aliphatic carbocycles. The third-order valence-corrected chi connectivity index (χ3v) is 5.65. The van der Waals surface area contributed by atoms with Gasteiger partial charge < -0.3 is 15.0 Å². The van der Waals surface area contributed by atoms with E-state index in [0.29, 0.717) is 37.2 Å². The van der Waals surface area contributed by atoms with Gasteiger partial charge >= 0.3 is 0 Å². The smallest absolute Gasteiger partial charge is 0.261 e. The third-order valence-electron chi connectivity index (χ3n) is 5.65. The van der Waals surface area contributed by atoms with Gasteiger partial charge in [0.15, 0.2) is 6.10 Å². The van der Waals surface area contributed by atoms with Gasteiger partial charge in [-0.2, -0.15) is 0 Å². The van der Waals surface area contributed by atoms with E-state index in [-0.39, 0.29) is 23.5 Å². The van der Waals surface area contributed by atoms with Crippen LogP contribution < -0.4 is 10.1 Å². The van der Waals surface area contributed by atoms with Crippen molar-refractivity contribution in [2.45, 2.75) is 45.8 Å². The number of halogens is 1. The number of carbonyl (C=O) groups is 2. The Morgan fingerprint density at radius 3 is 2.72 bits per heavy atom. The van der Waals surface area contributed by atoms with Gasteiger partial charge in [0.25, 0.3) is 5.91 Å². The monoisotopic (exact) mass is 438 g/mol. The average molecular weight is 439 g/mol. The number of fused-ring (bicyclic) bond motifs is 1. The standard InChI is InChI=1S/C26H31FN2O3/c1-5-13-28-25(30)23(6-2)32-21-11-10-18-12-14-29(26(31)17(3)4)24(22(18)16-21)19-8-7-9-20(27)15-19/h5,7-11,15-17,23-24H,1,6,12-14H2,2-4H3,(H,28,30)/t23-,24-/m1/s1. The van der Waals surface area contributed by atoms with Crippen LogP contribution in [0.1, 0.15) is 49.9 Å². The minimum absolute atomic E-state index is 0.0199. The summed E-state index contributed by atoms with van der Waals surface area (Å²) in [4.78, 5) is 27.2. The average Bonchev–Trinajstić information content (AvgIpc) is 2.79. The van der Waals surface area contributed by atoms with Crippen molar-refractivity contribution >= 4 is 11.8 Å². The fourth-order valence-corrected chi connectivity index (χ4v) is 4.04. The molecule has 0 spiro atoms. The predicted molar refractivity (Wildman–Crippen MR) is 123 cm³/mol. The molecule has 2 aromatic carbocycles. The lowest BCUT2D eigenvalue weighted by atomic mass is 9.87. The van der Waals surface area contributed by atoms with Gasteiger partial charge in [-0.15, -0.1) is 6.58 Å². The molecule has 2 aromatic rings. The van der Waals surface area contributed by atoms with Crippen LogP contribution in [0.5, 0.6) is 5.75 Å². The second-order valence-corrected chi connectivity index (χ2v) is 8.30. The molecule has 0 bridgehead atoms. The number of hydrogen-bond donors (Lipinski definition) is 1. The second kappa shape index (κ2) is 10.4. The van der Waals surface area contributed by atoms with Crippen molar-refractivity contribution in [2.24, 2.45) is 5.92 Å². The number of benzene rings is 2. The molecular formula is C26H31FN2O3. The maximum absolute atomic E-state index is 14.1. The van der Waals surface area contributed by atoms with E-state index in [9.17, 15) is 14.0 Å². The lowest BCUT2D eigenvalue weighted by molar-refractivity contribution is -0.136. The zero-order valence-corrected chi connectivity index (χ0v) is 18.9. The van der Waals surface area contributed by atoms with Crippen LogP contribution in [0.4, 0.5) is 4.39 Å². The first-order chi connectivity index (χ1) is 15.3. The maximum atomic E-state index is 14.1. The van der Waals surface area contributed by atoms with Crippen LogP contribution in [0, 0.1) is 11.7 Å². The normalized spacial score (nSPS) is 16.3. The van der Waals surface area contributed by atoms with Crippen molar-refractivity contribution in [3.05, 3.63) is 77.6 Å². The first kappa shape index (κ1) is 23.5. The molecule has 0 unspecified atom stereocenters. The second-order valence-electron chi connectivity index (χ2n) is 8.30. The summed E-state index contributed by atoms with van der Waals surface area (Å²) in [5.41, 5.74) is 2.70.